The van der Waals surface area contributed by atoms with E-state index in [-0.39, 0.29) is 42.0 Å². The number of amides is 3. The van der Waals surface area contributed by atoms with Gasteiger partial charge in [0.15, 0.2) is 0 Å². The first-order valence-corrected chi connectivity index (χ1v) is 8.19. The molecule has 1 aromatic rings. The Kier molecular flexibility index (Phi) is 3.44. The summed E-state index contributed by atoms with van der Waals surface area (Å²) in [5, 5.41) is 2.20. The maximum atomic E-state index is 13.5. The molecule has 6 nitrogen and oxygen atoms in total. The Labute approximate surface area is 142 Å². The van der Waals surface area contributed by atoms with Gasteiger partial charge in [0.25, 0.3) is 12.3 Å². The van der Waals surface area contributed by atoms with E-state index in [1.807, 2.05) is 0 Å². The van der Waals surface area contributed by atoms with Crippen molar-refractivity contribution in [2.24, 2.45) is 5.73 Å². The van der Waals surface area contributed by atoms with Gasteiger partial charge in [-0.1, -0.05) is 0 Å². The van der Waals surface area contributed by atoms with Crippen LogP contribution in [0.5, 0.6) is 0 Å². The second kappa shape index (κ2) is 5.32. The van der Waals surface area contributed by atoms with E-state index in [1.165, 1.54) is 11.0 Å². The van der Waals surface area contributed by atoms with Crippen LogP contribution in [0.2, 0.25) is 0 Å². The predicted molar refractivity (Wildman–Crippen MR) is 82.5 cm³/mol. The number of piperidine rings is 1. The minimum Gasteiger partial charge on any atom is -0.322 e. The highest BCUT2D eigenvalue weighted by molar-refractivity contribution is 6.05. The van der Waals surface area contributed by atoms with Crippen LogP contribution in [0.15, 0.2) is 12.1 Å². The van der Waals surface area contributed by atoms with Crippen LogP contribution in [0.3, 0.4) is 0 Å². The van der Waals surface area contributed by atoms with Gasteiger partial charge >= 0.3 is 0 Å². The Hall–Kier alpha value is -2.35. The van der Waals surface area contributed by atoms with Gasteiger partial charge in [-0.25, -0.2) is 8.78 Å². The van der Waals surface area contributed by atoms with Crippen molar-refractivity contribution in [3.05, 3.63) is 34.4 Å². The Balaban J connectivity index is 1.72. The molecular weight excluding hydrogens is 332 g/mol. The van der Waals surface area contributed by atoms with Crippen LogP contribution >= 0.6 is 0 Å². The summed E-state index contributed by atoms with van der Waals surface area (Å²) in [6, 6.07) is 2.15. The molecule has 1 aliphatic carbocycles. The number of nitrogens with one attached hydrogen (secondary N) is 1. The van der Waals surface area contributed by atoms with E-state index in [9.17, 15) is 23.2 Å². The highest BCUT2D eigenvalue weighted by atomic mass is 19.3. The average molecular weight is 349 g/mol. The zero-order chi connectivity index (χ0) is 17.9. The molecule has 132 valence electrons. The number of carbonyl (C=O) groups excluding carboxylic acids is 3. The first-order chi connectivity index (χ1) is 11.8. The zero-order valence-electron chi connectivity index (χ0n) is 13.4. The second-order valence-electron chi connectivity index (χ2n) is 6.95. The lowest BCUT2D eigenvalue weighted by Crippen LogP contribution is -2.52. The molecule has 1 aromatic carbocycles. The molecule has 2 heterocycles. The quantitative estimate of drug-likeness (QED) is 0.806. The first kappa shape index (κ1) is 16.1. The number of fused-ring (bicyclic) bond motifs is 1. The summed E-state index contributed by atoms with van der Waals surface area (Å²) < 4.78 is 27.1. The highest BCUT2D eigenvalue weighted by Gasteiger charge is 2.45. The fraction of sp³-hybridized carbons (Fsp3) is 0.471. The van der Waals surface area contributed by atoms with Crippen LogP contribution < -0.4 is 11.1 Å². The Morgan fingerprint density at radius 2 is 1.96 bits per heavy atom. The summed E-state index contributed by atoms with van der Waals surface area (Å²) in [6.07, 6.45) is -1.03. The molecule has 3 N–H and O–H groups in total. The SMILES string of the molecule is NC1(c2cc3c(c(C(F)F)c2)CN(C2CCC(=O)NC2=O)C3=O)CC1. The van der Waals surface area contributed by atoms with Crippen LogP contribution in [-0.2, 0) is 21.7 Å². The van der Waals surface area contributed by atoms with Crippen LogP contribution in [0.4, 0.5) is 8.78 Å². The maximum Gasteiger partial charge on any atom is 0.264 e. The van der Waals surface area contributed by atoms with Gasteiger partial charge in [0.1, 0.15) is 6.04 Å². The number of alkyl halides is 2. The van der Waals surface area contributed by atoms with Gasteiger partial charge in [-0.05, 0) is 42.5 Å². The molecule has 4 rings (SSSR count). The smallest absolute Gasteiger partial charge is 0.264 e. The van der Waals surface area contributed by atoms with Gasteiger partial charge in [0.05, 0.1) is 0 Å². The minimum atomic E-state index is -2.73. The second-order valence-corrected chi connectivity index (χ2v) is 6.95. The summed E-state index contributed by atoms with van der Waals surface area (Å²) in [4.78, 5) is 37.4. The summed E-state index contributed by atoms with van der Waals surface area (Å²) in [7, 11) is 0. The summed E-state index contributed by atoms with van der Waals surface area (Å²) in [5.74, 6) is -1.41. The van der Waals surface area contributed by atoms with Crippen molar-refractivity contribution in [1.82, 2.24) is 10.2 Å². The van der Waals surface area contributed by atoms with E-state index in [0.717, 1.165) is 0 Å². The molecule has 1 saturated heterocycles. The molecule has 0 bridgehead atoms. The van der Waals surface area contributed by atoms with Crippen molar-refractivity contribution in [3.63, 3.8) is 0 Å². The third kappa shape index (κ3) is 2.52. The van der Waals surface area contributed by atoms with Crippen molar-refractivity contribution in [2.45, 2.75) is 50.2 Å². The number of nitrogens with two attached hydrogens (primary N) is 1. The van der Waals surface area contributed by atoms with Crippen molar-refractivity contribution < 1.29 is 23.2 Å². The normalized spacial score (nSPS) is 24.6. The molecule has 3 amide bonds. The van der Waals surface area contributed by atoms with E-state index < -0.39 is 29.8 Å². The fourth-order valence-corrected chi connectivity index (χ4v) is 3.60. The molecular formula is C17H17F2N3O3. The van der Waals surface area contributed by atoms with Crippen molar-refractivity contribution >= 4 is 17.7 Å². The lowest BCUT2D eigenvalue weighted by molar-refractivity contribution is -0.136. The molecule has 0 aromatic heterocycles. The zero-order valence-corrected chi connectivity index (χ0v) is 13.4. The largest absolute Gasteiger partial charge is 0.322 e. The summed E-state index contributed by atoms with van der Waals surface area (Å²) in [6.45, 7) is -0.0576. The van der Waals surface area contributed by atoms with E-state index in [2.05, 4.69) is 5.32 Å². The van der Waals surface area contributed by atoms with Crippen molar-refractivity contribution in [1.29, 1.82) is 0 Å². The fourth-order valence-electron chi connectivity index (χ4n) is 3.60. The van der Waals surface area contributed by atoms with Crippen LogP contribution in [-0.4, -0.2) is 28.7 Å². The minimum absolute atomic E-state index is 0.0576. The van der Waals surface area contributed by atoms with E-state index in [1.54, 1.807) is 6.07 Å². The molecule has 0 radical (unpaired) electrons. The standard InChI is InChI=1S/C17H17F2N3O3/c18-14(19)9-5-8(17(20)3-4-17)6-10-11(9)7-22(16(10)25)12-1-2-13(23)21-15(12)24/h5-6,12,14H,1-4,7,20H2,(H,21,23,24). The lowest BCUT2D eigenvalue weighted by Gasteiger charge is -2.29. The monoisotopic (exact) mass is 349 g/mol. The molecule has 2 aliphatic heterocycles. The van der Waals surface area contributed by atoms with Gasteiger partial charge in [0.2, 0.25) is 11.8 Å². The van der Waals surface area contributed by atoms with Gasteiger partial charge in [-0.15, -0.1) is 0 Å². The Morgan fingerprint density at radius 1 is 1.24 bits per heavy atom. The number of hydrogen-bond acceptors (Lipinski definition) is 4. The van der Waals surface area contributed by atoms with Crippen molar-refractivity contribution in [3.8, 4) is 0 Å². The van der Waals surface area contributed by atoms with Gasteiger partial charge < -0.3 is 10.6 Å². The van der Waals surface area contributed by atoms with Crippen LogP contribution in [0.1, 0.15) is 59.2 Å². The number of hydrogen-bond donors (Lipinski definition) is 2. The summed E-state index contributed by atoms with van der Waals surface area (Å²) >= 11 is 0. The first-order valence-electron chi connectivity index (χ1n) is 8.19. The molecule has 1 atom stereocenters. The third-order valence-corrected chi connectivity index (χ3v) is 5.29. The number of nitrogens with zero attached hydrogens (tertiary/aromatic N) is 1. The van der Waals surface area contributed by atoms with Crippen molar-refractivity contribution in [2.75, 3.05) is 0 Å². The van der Waals surface area contributed by atoms with Crippen LogP contribution in [0, 0.1) is 0 Å². The van der Waals surface area contributed by atoms with Gasteiger partial charge in [-0.3, -0.25) is 19.7 Å². The molecule has 3 aliphatic rings. The lowest BCUT2D eigenvalue weighted by atomic mass is 9.95. The van der Waals surface area contributed by atoms with Gasteiger partial charge in [0, 0.05) is 29.6 Å². The van der Waals surface area contributed by atoms with E-state index in [0.29, 0.717) is 18.4 Å². The number of imide groups is 1. The van der Waals surface area contributed by atoms with E-state index >= 15 is 0 Å². The van der Waals surface area contributed by atoms with Crippen LogP contribution in [0.25, 0.3) is 0 Å². The number of rotatable bonds is 3. The topological polar surface area (TPSA) is 92.5 Å². The number of benzene rings is 1. The molecule has 1 unspecified atom stereocenters. The predicted octanol–water partition coefficient (Wildman–Crippen LogP) is 1.33. The molecule has 25 heavy (non-hydrogen) atoms. The molecule has 1 saturated carbocycles. The Bertz CT molecular complexity index is 805. The van der Waals surface area contributed by atoms with Gasteiger partial charge in [-0.2, -0.15) is 0 Å². The molecule has 0 spiro atoms. The number of halogens is 2. The summed E-state index contributed by atoms with van der Waals surface area (Å²) in [5.41, 5.74) is 6.26. The van der Waals surface area contributed by atoms with E-state index in [4.69, 9.17) is 5.73 Å². The average Bonchev–Trinajstić information content (AvgIpc) is 3.22. The molecule has 8 heteroatoms. The highest BCUT2D eigenvalue weighted by Crippen LogP contribution is 2.46. The molecule has 2 fully saturated rings. The third-order valence-electron chi connectivity index (χ3n) is 5.29. The number of carbonyl (C=O) groups is 3. The Morgan fingerprint density at radius 3 is 2.56 bits per heavy atom. The maximum absolute atomic E-state index is 13.5.